The molecule has 116 valence electrons. The van der Waals surface area contributed by atoms with Crippen LogP contribution in [0.5, 0.6) is 0 Å². The number of anilines is 1. The minimum absolute atomic E-state index is 0.201. The summed E-state index contributed by atoms with van der Waals surface area (Å²) in [6.45, 7) is 1.76. The zero-order valence-electron chi connectivity index (χ0n) is 12.1. The highest BCUT2D eigenvalue weighted by molar-refractivity contribution is 7.90. The molecule has 0 aromatic heterocycles. The summed E-state index contributed by atoms with van der Waals surface area (Å²) in [5, 5.41) is 0. The number of benzene rings is 1. The van der Waals surface area contributed by atoms with Gasteiger partial charge in [0.2, 0.25) is 5.91 Å². The first-order valence-corrected chi connectivity index (χ1v) is 8.56. The van der Waals surface area contributed by atoms with E-state index in [2.05, 4.69) is 9.44 Å². The van der Waals surface area contributed by atoms with Crippen LogP contribution in [0.15, 0.2) is 24.3 Å². The van der Waals surface area contributed by atoms with E-state index in [0.717, 1.165) is 31.5 Å². The molecular formula is C14H21N3O3S. The molecule has 1 saturated heterocycles. The van der Waals surface area contributed by atoms with Crippen molar-refractivity contribution < 1.29 is 13.2 Å². The van der Waals surface area contributed by atoms with Gasteiger partial charge in [0.1, 0.15) is 0 Å². The van der Waals surface area contributed by atoms with Crippen LogP contribution in [0.4, 0.5) is 5.69 Å². The topological polar surface area (TPSA) is 78.5 Å². The van der Waals surface area contributed by atoms with Gasteiger partial charge in [0.25, 0.3) is 10.2 Å². The lowest BCUT2D eigenvalue weighted by Crippen LogP contribution is -2.27. The zero-order chi connectivity index (χ0) is 15.3. The van der Waals surface area contributed by atoms with Gasteiger partial charge in [-0.2, -0.15) is 8.42 Å². The number of rotatable bonds is 6. The maximum atomic E-state index is 11.9. The minimum Gasteiger partial charge on any atom is -0.343 e. The van der Waals surface area contributed by atoms with Crippen LogP contribution in [0.25, 0.3) is 0 Å². The van der Waals surface area contributed by atoms with Gasteiger partial charge in [-0.05, 0) is 37.0 Å². The molecule has 21 heavy (non-hydrogen) atoms. The van der Waals surface area contributed by atoms with Crippen molar-refractivity contribution in [3.05, 3.63) is 29.8 Å². The van der Waals surface area contributed by atoms with E-state index in [1.54, 1.807) is 12.1 Å². The highest BCUT2D eigenvalue weighted by Gasteiger charge is 2.17. The first kappa shape index (κ1) is 15.8. The van der Waals surface area contributed by atoms with Crippen LogP contribution in [0.3, 0.4) is 0 Å². The Balaban J connectivity index is 1.86. The van der Waals surface area contributed by atoms with Crippen LogP contribution in [0.2, 0.25) is 0 Å². The average molecular weight is 311 g/mol. The number of aryl methyl sites for hydroxylation is 1. The molecule has 0 unspecified atom stereocenters. The summed E-state index contributed by atoms with van der Waals surface area (Å²) in [4.78, 5) is 13.9. The molecule has 6 nitrogen and oxygen atoms in total. The lowest BCUT2D eigenvalue weighted by molar-refractivity contribution is -0.130. The summed E-state index contributed by atoms with van der Waals surface area (Å²) in [6.07, 6.45) is 3.38. The van der Waals surface area contributed by atoms with Crippen molar-refractivity contribution in [2.24, 2.45) is 0 Å². The second-order valence-corrected chi connectivity index (χ2v) is 6.71. The molecule has 0 bridgehead atoms. The Morgan fingerprint density at radius 3 is 2.38 bits per heavy atom. The Hall–Kier alpha value is -1.60. The Morgan fingerprint density at radius 2 is 1.81 bits per heavy atom. The first-order valence-electron chi connectivity index (χ1n) is 7.08. The standard InChI is InChI=1S/C14H21N3O3S/c1-15-21(19,20)16-13-7-4-12(5-8-13)6-9-14(18)17-10-2-3-11-17/h4-5,7-8,15-16H,2-3,6,9-11H2,1H3. The number of nitrogens with one attached hydrogen (secondary N) is 2. The van der Waals surface area contributed by atoms with Gasteiger partial charge in [0.15, 0.2) is 0 Å². The first-order chi connectivity index (χ1) is 10.00. The van der Waals surface area contributed by atoms with E-state index in [1.165, 1.54) is 7.05 Å². The maximum absolute atomic E-state index is 11.9. The van der Waals surface area contributed by atoms with E-state index >= 15 is 0 Å². The van der Waals surface area contributed by atoms with Gasteiger partial charge >= 0.3 is 0 Å². The van der Waals surface area contributed by atoms with Crippen LogP contribution in [0, 0.1) is 0 Å². The predicted octanol–water partition coefficient (Wildman–Crippen LogP) is 1.12. The van der Waals surface area contributed by atoms with Crippen molar-refractivity contribution in [2.75, 3.05) is 24.9 Å². The predicted molar refractivity (Wildman–Crippen MR) is 82.2 cm³/mol. The van der Waals surface area contributed by atoms with Gasteiger partial charge in [-0.1, -0.05) is 12.1 Å². The van der Waals surface area contributed by atoms with Crippen LogP contribution in [-0.2, 0) is 21.4 Å². The van der Waals surface area contributed by atoms with E-state index in [1.807, 2.05) is 17.0 Å². The van der Waals surface area contributed by atoms with E-state index in [-0.39, 0.29) is 5.91 Å². The van der Waals surface area contributed by atoms with Crippen molar-refractivity contribution in [3.63, 3.8) is 0 Å². The molecule has 0 spiro atoms. The summed E-state index contributed by atoms with van der Waals surface area (Å²) < 4.78 is 27.3. The molecule has 2 N–H and O–H groups in total. The van der Waals surface area contributed by atoms with Crippen molar-refractivity contribution in [1.29, 1.82) is 0 Å². The minimum atomic E-state index is -3.48. The zero-order valence-corrected chi connectivity index (χ0v) is 12.9. The molecule has 1 fully saturated rings. The Bertz CT molecular complexity index is 578. The van der Waals surface area contributed by atoms with E-state index < -0.39 is 10.2 Å². The third-order valence-electron chi connectivity index (χ3n) is 3.56. The fourth-order valence-electron chi connectivity index (χ4n) is 2.32. The molecule has 1 aliphatic rings. The Kier molecular flexibility index (Phi) is 5.19. The third kappa shape index (κ3) is 4.71. The van der Waals surface area contributed by atoms with Crippen LogP contribution >= 0.6 is 0 Å². The smallest absolute Gasteiger partial charge is 0.298 e. The number of hydrogen-bond acceptors (Lipinski definition) is 3. The van der Waals surface area contributed by atoms with Gasteiger partial charge in [-0.15, -0.1) is 0 Å². The lowest BCUT2D eigenvalue weighted by atomic mass is 10.1. The van der Waals surface area contributed by atoms with Gasteiger partial charge in [-0.25, -0.2) is 4.72 Å². The van der Waals surface area contributed by atoms with Crippen molar-refractivity contribution in [2.45, 2.75) is 25.7 Å². The Labute approximate surface area is 125 Å². The molecule has 0 radical (unpaired) electrons. The number of carbonyl (C=O) groups is 1. The second-order valence-electron chi connectivity index (χ2n) is 5.09. The van der Waals surface area contributed by atoms with Gasteiger partial charge < -0.3 is 4.90 Å². The van der Waals surface area contributed by atoms with Gasteiger partial charge in [-0.3, -0.25) is 9.52 Å². The maximum Gasteiger partial charge on any atom is 0.298 e. The molecule has 7 heteroatoms. The molecule has 1 heterocycles. The largest absolute Gasteiger partial charge is 0.343 e. The fourth-order valence-corrected chi connectivity index (χ4v) is 2.87. The van der Waals surface area contributed by atoms with Crippen LogP contribution < -0.4 is 9.44 Å². The van der Waals surface area contributed by atoms with Crippen LogP contribution in [-0.4, -0.2) is 39.4 Å². The normalized spacial score (nSPS) is 15.2. The number of amides is 1. The fraction of sp³-hybridized carbons (Fsp3) is 0.500. The Morgan fingerprint density at radius 1 is 1.19 bits per heavy atom. The molecule has 0 saturated carbocycles. The number of nitrogens with zero attached hydrogens (tertiary/aromatic N) is 1. The quantitative estimate of drug-likeness (QED) is 0.826. The summed E-state index contributed by atoms with van der Waals surface area (Å²) in [5.41, 5.74) is 1.52. The second kappa shape index (κ2) is 6.91. The number of carbonyl (C=O) groups excluding carboxylic acids is 1. The van der Waals surface area contributed by atoms with Gasteiger partial charge in [0.05, 0.1) is 0 Å². The molecule has 1 amide bonds. The summed E-state index contributed by atoms with van der Waals surface area (Å²) in [5.74, 6) is 0.201. The highest BCUT2D eigenvalue weighted by atomic mass is 32.2. The molecule has 0 atom stereocenters. The SMILES string of the molecule is CNS(=O)(=O)Nc1ccc(CCC(=O)N2CCCC2)cc1. The molecule has 0 aliphatic carbocycles. The van der Waals surface area contributed by atoms with E-state index in [4.69, 9.17) is 0 Å². The third-order valence-corrected chi connectivity index (χ3v) is 4.60. The molecule has 1 aromatic carbocycles. The summed E-state index contributed by atoms with van der Waals surface area (Å²) in [7, 11) is -2.14. The highest BCUT2D eigenvalue weighted by Crippen LogP contribution is 2.14. The molecule has 1 aromatic rings. The monoisotopic (exact) mass is 311 g/mol. The number of hydrogen-bond donors (Lipinski definition) is 2. The summed E-state index contributed by atoms with van der Waals surface area (Å²) >= 11 is 0. The molecule has 1 aliphatic heterocycles. The molecule has 2 rings (SSSR count). The van der Waals surface area contributed by atoms with Gasteiger partial charge in [0, 0.05) is 32.2 Å². The van der Waals surface area contributed by atoms with Crippen molar-refractivity contribution >= 4 is 21.8 Å². The number of likely N-dealkylation sites (tertiary alicyclic amines) is 1. The summed E-state index contributed by atoms with van der Waals surface area (Å²) in [6, 6.07) is 7.07. The van der Waals surface area contributed by atoms with Crippen molar-refractivity contribution in [3.8, 4) is 0 Å². The van der Waals surface area contributed by atoms with E-state index in [0.29, 0.717) is 18.5 Å². The van der Waals surface area contributed by atoms with Crippen LogP contribution in [0.1, 0.15) is 24.8 Å². The lowest BCUT2D eigenvalue weighted by Gasteiger charge is -2.15. The van der Waals surface area contributed by atoms with E-state index in [9.17, 15) is 13.2 Å². The average Bonchev–Trinajstić information content (AvgIpc) is 3.00. The molecular weight excluding hydrogens is 290 g/mol. The van der Waals surface area contributed by atoms with Crippen molar-refractivity contribution in [1.82, 2.24) is 9.62 Å².